The summed E-state index contributed by atoms with van der Waals surface area (Å²) in [6.45, 7) is 2.01. The molecule has 2 heterocycles. The summed E-state index contributed by atoms with van der Waals surface area (Å²) in [7, 11) is 3.37. The molecule has 1 N–H and O–H groups in total. The number of aromatic nitrogens is 1. The maximum atomic E-state index is 13.1. The number of aryl methyl sites for hydroxylation is 1. The highest BCUT2D eigenvalue weighted by Crippen LogP contribution is 2.37. The van der Waals surface area contributed by atoms with Crippen LogP contribution < -0.4 is 10.1 Å². The van der Waals surface area contributed by atoms with Crippen LogP contribution in [0.25, 0.3) is 10.9 Å². The number of fused-ring (bicyclic) bond motifs is 1. The van der Waals surface area contributed by atoms with Gasteiger partial charge in [0.05, 0.1) is 36.5 Å². The first-order valence-corrected chi connectivity index (χ1v) is 9.53. The van der Waals surface area contributed by atoms with E-state index in [1.807, 2.05) is 55.5 Å². The molecule has 0 saturated carbocycles. The maximum absolute atomic E-state index is 13.1. The molecule has 1 aliphatic heterocycles. The van der Waals surface area contributed by atoms with Gasteiger partial charge in [0, 0.05) is 24.9 Å². The Labute approximate surface area is 169 Å². The van der Waals surface area contributed by atoms with Crippen LogP contribution in [0.1, 0.15) is 23.6 Å². The van der Waals surface area contributed by atoms with Crippen LogP contribution in [-0.4, -0.2) is 35.9 Å². The van der Waals surface area contributed by atoms with E-state index in [1.165, 1.54) is 0 Å². The lowest BCUT2D eigenvalue weighted by atomic mass is 9.92. The third kappa shape index (κ3) is 3.66. The second-order valence-corrected chi connectivity index (χ2v) is 7.44. The number of hydrogen-bond acceptors (Lipinski definition) is 4. The number of pyridine rings is 1. The lowest BCUT2D eigenvalue weighted by molar-refractivity contribution is -0.127. The van der Waals surface area contributed by atoms with Crippen LogP contribution in [0.5, 0.6) is 5.75 Å². The summed E-state index contributed by atoms with van der Waals surface area (Å²) in [6.07, 6.45) is 1.82. The van der Waals surface area contributed by atoms with Gasteiger partial charge in [0.2, 0.25) is 11.8 Å². The van der Waals surface area contributed by atoms with Gasteiger partial charge in [-0.2, -0.15) is 0 Å². The summed E-state index contributed by atoms with van der Waals surface area (Å²) in [5.41, 5.74) is 3.50. The Bertz CT molecular complexity index is 1080. The fourth-order valence-electron chi connectivity index (χ4n) is 3.86. The Hall–Kier alpha value is -3.41. The molecule has 6 nitrogen and oxygen atoms in total. The maximum Gasteiger partial charge on any atom is 0.230 e. The number of carbonyl (C=O) groups is 2. The quantitative estimate of drug-likeness (QED) is 0.738. The zero-order valence-electron chi connectivity index (χ0n) is 16.7. The highest BCUT2D eigenvalue weighted by Gasteiger charge is 2.42. The van der Waals surface area contributed by atoms with Crippen LogP contribution in [0.15, 0.2) is 54.7 Å². The number of nitrogens with one attached hydrogen (secondary N) is 1. The van der Waals surface area contributed by atoms with E-state index in [-0.39, 0.29) is 24.3 Å². The van der Waals surface area contributed by atoms with Gasteiger partial charge in [-0.25, -0.2) is 0 Å². The Kier molecular flexibility index (Phi) is 4.92. The van der Waals surface area contributed by atoms with Crippen molar-refractivity contribution < 1.29 is 14.3 Å². The van der Waals surface area contributed by atoms with Crippen molar-refractivity contribution in [2.24, 2.45) is 5.92 Å². The molecule has 2 amide bonds. The fraction of sp³-hybridized carbons (Fsp3) is 0.261. The third-order valence-corrected chi connectivity index (χ3v) is 5.50. The van der Waals surface area contributed by atoms with Crippen molar-refractivity contribution in [3.8, 4) is 5.75 Å². The van der Waals surface area contributed by atoms with Crippen molar-refractivity contribution in [2.75, 3.05) is 19.5 Å². The Morgan fingerprint density at radius 3 is 2.66 bits per heavy atom. The minimum atomic E-state index is -0.457. The zero-order valence-corrected chi connectivity index (χ0v) is 16.7. The predicted molar refractivity (Wildman–Crippen MR) is 112 cm³/mol. The summed E-state index contributed by atoms with van der Waals surface area (Å²) in [5.74, 6) is 0.0689. The van der Waals surface area contributed by atoms with Crippen molar-refractivity contribution in [1.82, 2.24) is 9.88 Å². The number of ether oxygens (including phenoxy) is 1. The zero-order chi connectivity index (χ0) is 20.5. The molecule has 2 atom stereocenters. The molecule has 1 aromatic heterocycles. The molecular weight excluding hydrogens is 366 g/mol. The second kappa shape index (κ2) is 7.54. The number of rotatable bonds is 4. The van der Waals surface area contributed by atoms with Gasteiger partial charge in [-0.05, 0) is 30.7 Å². The first-order valence-electron chi connectivity index (χ1n) is 9.53. The molecule has 0 spiro atoms. The monoisotopic (exact) mass is 389 g/mol. The molecule has 0 radical (unpaired) electrons. The van der Waals surface area contributed by atoms with E-state index in [4.69, 9.17) is 4.74 Å². The highest BCUT2D eigenvalue weighted by molar-refractivity contribution is 5.99. The number of amides is 2. The van der Waals surface area contributed by atoms with Crippen LogP contribution in [0.3, 0.4) is 0 Å². The largest absolute Gasteiger partial charge is 0.497 e. The molecule has 2 unspecified atom stereocenters. The number of hydrogen-bond donors (Lipinski definition) is 1. The minimum absolute atomic E-state index is 0.0283. The van der Waals surface area contributed by atoms with Crippen LogP contribution in [0.2, 0.25) is 0 Å². The van der Waals surface area contributed by atoms with Crippen molar-refractivity contribution >= 4 is 28.4 Å². The first-order chi connectivity index (χ1) is 14.0. The second-order valence-electron chi connectivity index (χ2n) is 7.44. The van der Waals surface area contributed by atoms with Gasteiger partial charge in [-0.15, -0.1) is 0 Å². The van der Waals surface area contributed by atoms with Gasteiger partial charge in [0.25, 0.3) is 0 Å². The Morgan fingerprint density at radius 2 is 1.93 bits per heavy atom. The summed E-state index contributed by atoms with van der Waals surface area (Å²) < 4.78 is 5.22. The number of likely N-dealkylation sites (tertiary alicyclic amines) is 1. The van der Waals surface area contributed by atoms with Gasteiger partial charge in [-0.3, -0.25) is 14.6 Å². The number of benzene rings is 2. The number of anilines is 1. The molecule has 4 rings (SSSR count). The van der Waals surface area contributed by atoms with Crippen molar-refractivity contribution in [3.05, 3.63) is 65.9 Å². The molecular formula is C23H23N3O3. The summed E-state index contributed by atoms with van der Waals surface area (Å²) in [4.78, 5) is 31.5. The molecule has 1 saturated heterocycles. The van der Waals surface area contributed by atoms with Crippen LogP contribution >= 0.6 is 0 Å². The Balaban J connectivity index is 1.58. The third-order valence-electron chi connectivity index (χ3n) is 5.50. The van der Waals surface area contributed by atoms with Gasteiger partial charge in [0.1, 0.15) is 5.75 Å². The molecule has 3 aromatic rings. The SMILES string of the molecule is COc1ccc2cc(NC(=O)C3CC(=O)N(C)C3c3ccc(C)cc3)cnc2c1. The smallest absolute Gasteiger partial charge is 0.230 e. The van der Waals surface area contributed by atoms with Crippen LogP contribution in [-0.2, 0) is 9.59 Å². The first kappa shape index (κ1) is 18.9. The van der Waals surface area contributed by atoms with E-state index in [0.29, 0.717) is 5.69 Å². The van der Waals surface area contributed by atoms with Gasteiger partial charge >= 0.3 is 0 Å². The number of carbonyl (C=O) groups excluding carboxylic acids is 2. The molecule has 2 aromatic carbocycles. The Morgan fingerprint density at radius 1 is 1.17 bits per heavy atom. The number of methoxy groups -OCH3 is 1. The van der Waals surface area contributed by atoms with E-state index in [9.17, 15) is 9.59 Å². The predicted octanol–water partition coefficient (Wildman–Crippen LogP) is 3.71. The highest BCUT2D eigenvalue weighted by atomic mass is 16.5. The summed E-state index contributed by atoms with van der Waals surface area (Å²) in [6, 6.07) is 15.2. The molecule has 1 aliphatic rings. The van der Waals surface area contributed by atoms with Crippen molar-refractivity contribution in [1.29, 1.82) is 0 Å². The van der Waals surface area contributed by atoms with Crippen molar-refractivity contribution in [2.45, 2.75) is 19.4 Å². The van der Waals surface area contributed by atoms with Gasteiger partial charge < -0.3 is 15.0 Å². The van der Waals surface area contributed by atoms with E-state index >= 15 is 0 Å². The van der Waals surface area contributed by atoms with Gasteiger partial charge in [-0.1, -0.05) is 29.8 Å². The lowest BCUT2D eigenvalue weighted by Gasteiger charge is -2.25. The normalized spacial score (nSPS) is 18.9. The van der Waals surface area contributed by atoms with E-state index in [1.54, 1.807) is 25.3 Å². The lowest BCUT2D eigenvalue weighted by Crippen LogP contribution is -2.30. The van der Waals surface area contributed by atoms with E-state index in [0.717, 1.165) is 27.8 Å². The average Bonchev–Trinajstić information content (AvgIpc) is 3.03. The molecule has 1 fully saturated rings. The van der Waals surface area contributed by atoms with Crippen molar-refractivity contribution in [3.63, 3.8) is 0 Å². The van der Waals surface area contributed by atoms with Crippen LogP contribution in [0, 0.1) is 12.8 Å². The molecule has 6 heteroatoms. The molecule has 0 bridgehead atoms. The standard InChI is InChI=1S/C23H23N3O3/c1-14-4-6-15(7-5-14)22-19(12-21(27)26(22)2)23(28)25-17-10-16-8-9-18(29-3)11-20(16)24-13-17/h4-11,13,19,22H,12H2,1-3H3,(H,25,28). The minimum Gasteiger partial charge on any atom is -0.497 e. The molecule has 29 heavy (non-hydrogen) atoms. The molecule has 0 aliphatic carbocycles. The number of nitrogens with zero attached hydrogens (tertiary/aromatic N) is 2. The average molecular weight is 389 g/mol. The van der Waals surface area contributed by atoms with Crippen LogP contribution in [0.4, 0.5) is 5.69 Å². The molecule has 148 valence electrons. The van der Waals surface area contributed by atoms with E-state index in [2.05, 4.69) is 10.3 Å². The fourth-order valence-corrected chi connectivity index (χ4v) is 3.86. The van der Waals surface area contributed by atoms with Gasteiger partial charge in [0.15, 0.2) is 0 Å². The topological polar surface area (TPSA) is 71.5 Å². The summed E-state index contributed by atoms with van der Waals surface area (Å²) >= 11 is 0. The summed E-state index contributed by atoms with van der Waals surface area (Å²) in [5, 5.41) is 3.85. The van der Waals surface area contributed by atoms with E-state index < -0.39 is 5.92 Å².